The first-order chi connectivity index (χ1) is 13.8. The Bertz CT molecular complexity index is 733. The van der Waals surface area contributed by atoms with Gasteiger partial charge < -0.3 is 50.2 Å². The second kappa shape index (κ2) is 13.2. The molecule has 1 saturated heterocycles. The van der Waals surface area contributed by atoms with E-state index in [2.05, 4.69) is 46.4 Å². The van der Waals surface area contributed by atoms with Crippen LogP contribution in [0.3, 0.4) is 0 Å². The van der Waals surface area contributed by atoms with Gasteiger partial charge in [-0.25, -0.2) is 0 Å². The minimum Gasteiger partial charge on any atom is -0.748 e. The fraction of sp³-hybridized carbons (Fsp3) is 0.333. The topological polar surface area (TPSA) is 27.7 Å². The van der Waals surface area contributed by atoms with Gasteiger partial charge in [0, 0.05) is 49.8 Å². The number of hydrogen-bond acceptors (Lipinski definition) is 4. The number of likely N-dealkylation sites (N-methyl/N-ethyl adjacent to an activating group) is 1. The number of hydrogen-bond donors (Lipinski definition) is 1. The summed E-state index contributed by atoms with van der Waals surface area (Å²) in [6.07, 6.45) is 1.07. The average molecular weight is 433 g/mol. The number of nitrogens with one attached hydrogen (secondary N) is 1. The first kappa shape index (κ1) is 23.2. The minimum absolute atomic E-state index is 0. The van der Waals surface area contributed by atoms with Crippen molar-refractivity contribution in [3.8, 4) is 5.75 Å². The third kappa shape index (κ3) is 8.88. The van der Waals surface area contributed by atoms with Gasteiger partial charge in [0.1, 0.15) is 5.75 Å². The molecule has 0 spiro atoms. The van der Waals surface area contributed by atoms with E-state index in [9.17, 15) is 0 Å². The number of ether oxygens (including phenoxy) is 1. The molecule has 0 amide bonds. The fourth-order valence-electron chi connectivity index (χ4n) is 3.16. The molecule has 3 aromatic carbocycles. The molecule has 1 aliphatic heterocycles. The summed E-state index contributed by atoms with van der Waals surface area (Å²) in [5.74, 6) is 0.930. The molecule has 162 valence electrons. The Morgan fingerprint density at radius 1 is 0.966 bits per heavy atom. The van der Waals surface area contributed by atoms with Crippen LogP contribution in [0.15, 0.2) is 78.9 Å². The molecular formula is C24H31FeN3O-6. The average Bonchev–Trinajstić information content (AvgIpc) is 3.44. The van der Waals surface area contributed by atoms with Gasteiger partial charge in [0.25, 0.3) is 0 Å². The van der Waals surface area contributed by atoms with E-state index in [-0.39, 0.29) is 17.1 Å². The first-order valence-electron chi connectivity index (χ1n) is 10.1. The molecule has 0 aliphatic carbocycles. The Morgan fingerprint density at radius 2 is 1.62 bits per heavy atom. The van der Waals surface area contributed by atoms with Gasteiger partial charge in [-0.1, -0.05) is 17.8 Å². The van der Waals surface area contributed by atoms with E-state index < -0.39 is 0 Å². The van der Waals surface area contributed by atoms with E-state index in [1.165, 1.54) is 26.2 Å². The maximum atomic E-state index is 5.90. The summed E-state index contributed by atoms with van der Waals surface area (Å²) >= 11 is 0. The summed E-state index contributed by atoms with van der Waals surface area (Å²) in [5.41, 5.74) is 2.17. The third-order valence-electron chi connectivity index (χ3n) is 4.82. The van der Waals surface area contributed by atoms with Crippen LogP contribution in [0.5, 0.6) is 5.75 Å². The zero-order valence-corrected chi connectivity index (χ0v) is 18.2. The number of anilines is 2. The van der Waals surface area contributed by atoms with Crippen molar-refractivity contribution in [3.63, 3.8) is 0 Å². The van der Waals surface area contributed by atoms with Gasteiger partial charge >= 0.3 is 0 Å². The van der Waals surface area contributed by atoms with Crippen molar-refractivity contribution < 1.29 is 21.8 Å². The number of piperazine rings is 1. The van der Waals surface area contributed by atoms with E-state index in [4.69, 9.17) is 4.74 Å². The van der Waals surface area contributed by atoms with Crippen molar-refractivity contribution >= 4 is 11.4 Å². The normalized spacial score (nSPS) is 14.4. The van der Waals surface area contributed by atoms with Crippen LogP contribution >= 0.6 is 0 Å². The third-order valence-corrected chi connectivity index (χ3v) is 4.82. The fourth-order valence-corrected chi connectivity index (χ4v) is 3.16. The van der Waals surface area contributed by atoms with Crippen LogP contribution < -0.4 is 10.1 Å². The van der Waals surface area contributed by atoms with E-state index >= 15 is 0 Å². The standard InChI is InChI=1S/C19H26N3O.C5H5.Fe/c1-21-11-13-22(14-12-21)10-5-15-23-19-9-4-8-18(16-19)20-17-6-2-3-7-17;1-2-4-5-3-1;/h2-4,6-9,16,20H,5,10-15H2,1H3;1-5H;/q-1;-5;. The van der Waals surface area contributed by atoms with Gasteiger partial charge in [0.05, 0.1) is 6.61 Å². The molecule has 1 heterocycles. The SMILES string of the molecule is CN1CCN(CCCOc2cccc(N[c-]3cccc3)c2)CC1.[Fe].[cH-]1[cH-][cH-][cH-][cH-]1. The van der Waals surface area contributed by atoms with E-state index in [0.29, 0.717) is 0 Å². The van der Waals surface area contributed by atoms with Crippen molar-refractivity contribution in [1.29, 1.82) is 0 Å². The predicted molar refractivity (Wildman–Crippen MR) is 118 cm³/mol. The van der Waals surface area contributed by atoms with E-state index in [1.807, 2.05) is 54.6 Å². The number of benzene rings is 1. The van der Waals surface area contributed by atoms with Crippen LogP contribution in [0.1, 0.15) is 6.42 Å². The molecule has 4 rings (SSSR count). The molecule has 3 aromatic rings. The zero-order valence-electron chi connectivity index (χ0n) is 17.1. The van der Waals surface area contributed by atoms with Crippen molar-refractivity contribution in [2.45, 2.75) is 6.42 Å². The molecule has 1 N–H and O–H groups in total. The molecule has 5 heteroatoms. The summed E-state index contributed by atoms with van der Waals surface area (Å²) in [6, 6.07) is 26.3. The Kier molecular flexibility index (Phi) is 10.6. The Hall–Kier alpha value is -2.04. The molecule has 0 unspecified atom stereocenters. The second-order valence-electron chi connectivity index (χ2n) is 7.14. The van der Waals surface area contributed by atoms with Crippen LogP contribution in [-0.4, -0.2) is 56.2 Å². The summed E-state index contributed by atoms with van der Waals surface area (Å²) in [7, 11) is 2.19. The molecule has 0 atom stereocenters. The molecular weight excluding hydrogens is 402 g/mol. The van der Waals surface area contributed by atoms with Gasteiger partial charge in [-0.15, -0.1) is 12.1 Å². The molecule has 1 aliphatic rings. The van der Waals surface area contributed by atoms with Crippen LogP contribution in [0.4, 0.5) is 11.4 Å². The summed E-state index contributed by atoms with van der Waals surface area (Å²) in [6.45, 7) is 6.60. The molecule has 1 fully saturated rings. The van der Waals surface area contributed by atoms with Crippen LogP contribution in [0.2, 0.25) is 0 Å². The van der Waals surface area contributed by atoms with Gasteiger partial charge in [0.2, 0.25) is 0 Å². The number of rotatable bonds is 7. The van der Waals surface area contributed by atoms with Crippen molar-refractivity contribution in [3.05, 3.63) is 78.9 Å². The molecule has 0 bridgehead atoms. The molecule has 4 nitrogen and oxygen atoms in total. The maximum Gasteiger partial charge on any atom is 0.112 e. The predicted octanol–water partition coefficient (Wildman–Crippen LogP) is 4.57. The van der Waals surface area contributed by atoms with Crippen molar-refractivity contribution in [2.75, 3.05) is 51.7 Å². The molecule has 0 aromatic heterocycles. The molecule has 0 saturated carbocycles. The monoisotopic (exact) mass is 433 g/mol. The molecule has 0 radical (unpaired) electrons. The van der Waals surface area contributed by atoms with Crippen molar-refractivity contribution in [1.82, 2.24) is 9.80 Å². The summed E-state index contributed by atoms with van der Waals surface area (Å²) in [5, 5.41) is 3.38. The van der Waals surface area contributed by atoms with Crippen molar-refractivity contribution in [2.24, 2.45) is 0 Å². The second-order valence-corrected chi connectivity index (χ2v) is 7.14. The van der Waals surface area contributed by atoms with E-state index in [0.717, 1.165) is 36.7 Å². The quantitative estimate of drug-likeness (QED) is 0.336. The largest absolute Gasteiger partial charge is 0.748 e. The van der Waals surface area contributed by atoms with Crippen LogP contribution in [0.25, 0.3) is 0 Å². The Morgan fingerprint density at radius 3 is 2.28 bits per heavy atom. The van der Waals surface area contributed by atoms with Gasteiger partial charge in [-0.3, -0.25) is 0 Å². The van der Waals surface area contributed by atoms with Crippen LogP contribution in [0, 0.1) is 0 Å². The smallest absolute Gasteiger partial charge is 0.112 e. The summed E-state index contributed by atoms with van der Waals surface area (Å²) < 4.78 is 5.90. The number of nitrogens with zero attached hydrogens (tertiary/aromatic N) is 2. The first-order valence-corrected chi connectivity index (χ1v) is 10.1. The zero-order chi connectivity index (χ0) is 19.4. The summed E-state index contributed by atoms with van der Waals surface area (Å²) in [4.78, 5) is 4.91. The van der Waals surface area contributed by atoms with Gasteiger partial charge in [-0.05, 0) is 31.3 Å². The molecule has 29 heavy (non-hydrogen) atoms. The minimum atomic E-state index is 0. The van der Waals surface area contributed by atoms with Gasteiger partial charge in [0.15, 0.2) is 0 Å². The Balaban J connectivity index is 0.000000437. The Labute approximate surface area is 185 Å². The van der Waals surface area contributed by atoms with E-state index in [1.54, 1.807) is 0 Å². The maximum absolute atomic E-state index is 5.90. The van der Waals surface area contributed by atoms with Crippen LogP contribution in [-0.2, 0) is 17.1 Å². The van der Waals surface area contributed by atoms with Gasteiger partial charge in [-0.2, -0.15) is 12.1 Å².